The molecule has 0 aliphatic carbocycles. The second-order valence-corrected chi connectivity index (χ2v) is 7.62. The summed E-state index contributed by atoms with van der Waals surface area (Å²) in [7, 11) is 0. The molecule has 0 saturated carbocycles. The van der Waals surface area contributed by atoms with E-state index in [0.29, 0.717) is 35.2 Å². The molecule has 4 rings (SSSR count). The van der Waals surface area contributed by atoms with Crippen molar-refractivity contribution in [3.05, 3.63) is 101 Å². The molecular weight excluding hydrogens is 422 g/mol. The molecular formula is C27H24ClNO3. The Bertz CT molecular complexity index is 1160. The molecule has 0 radical (unpaired) electrons. The van der Waals surface area contributed by atoms with Crippen LogP contribution in [0.2, 0.25) is 5.02 Å². The number of ether oxygens (including phenoxy) is 2. The molecule has 162 valence electrons. The van der Waals surface area contributed by atoms with Gasteiger partial charge in [-0.15, -0.1) is 0 Å². The molecule has 4 nitrogen and oxygen atoms in total. The highest BCUT2D eigenvalue weighted by molar-refractivity contribution is 6.30. The van der Waals surface area contributed by atoms with Gasteiger partial charge in [-0.3, -0.25) is 9.69 Å². The quantitative estimate of drug-likeness (QED) is 0.384. The standard InChI is InChI=1S/C27H24ClNO3/c1-3-31-23-15-9-19(10-16-23)17-21-18-25(20-11-13-22(28)14-12-20)29(27(21)30)24-7-5-6-8-26(24)32-4-2/h5-18H,3-4H2,1-2H3/b21-17+. The van der Waals surface area contributed by atoms with Gasteiger partial charge in [0.05, 0.1) is 24.6 Å². The predicted octanol–water partition coefficient (Wildman–Crippen LogP) is 6.61. The van der Waals surface area contributed by atoms with E-state index in [9.17, 15) is 4.79 Å². The average Bonchev–Trinajstić information content (AvgIpc) is 3.12. The van der Waals surface area contributed by atoms with E-state index in [1.165, 1.54) is 0 Å². The number of hydrogen-bond acceptors (Lipinski definition) is 3. The minimum atomic E-state index is -0.115. The molecule has 0 unspecified atom stereocenters. The van der Waals surface area contributed by atoms with Gasteiger partial charge in [0.2, 0.25) is 0 Å². The highest BCUT2D eigenvalue weighted by Gasteiger charge is 2.32. The van der Waals surface area contributed by atoms with Crippen molar-refractivity contribution < 1.29 is 14.3 Å². The zero-order valence-electron chi connectivity index (χ0n) is 18.0. The maximum absolute atomic E-state index is 13.6. The predicted molar refractivity (Wildman–Crippen MR) is 130 cm³/mol. The Morgan fingerprint density at radius 3 is 2.25 bits per heavy atom. The van der Waals surface area contributed by atoms with Crippen LogP contribution < -0.4 is 14.4 Å². The molecule has 3 aromatic carbocycles. The Hall–Kier alpha value is -3.50. The van der Waals surface area contributed by atoms with Crippen molar-refractivity contribution >= 4 is 35.0 Å². The third kappa shape index (κ3) is 4.56. The lowest BCUT2D eigenvalue weighted by atomic mass is 10.1. The maximum atomic E-state index is 13.6. The summed E-state index contributed by atoms with van der Waals surface area (Å²) in [6.07, 6.45) is 3.79. The van der Waals surface area contributed by atoms with Gasteiger partial charge < -0.3 is 9.47 Å². The molecule has 1 aliphatic rings. The van der Waals surface area contributed by atoms with Crippen molar-refractivity contribution in [2.45, 2.75) is 13.8 Å². The Kier molecular flexibility index (Phi) is 6.62. The average molecular weight is 446 g/mol. The summed E-state index contributed by atoms with van der Waals surface area (Å²) in [6.45, 7) is 4.99. The van der Waals surface area contributed by atoms with E-state index in [1.54, 1.807) is 4.90 Å². The van der Waals surface area contributed by atoms with E-state index < -0.39 is 0 Å². The van der Waals surface area contributed by atoms with Gasteiger partial charge in [0, 0.05) is 10.6 Å². The minimum absolute atomic E-state index is 0.115. The van der Waals surface area contributed by atoms with Crippen molar-refractivity contribution in [2.24, 2.45) is 0 Å². The lowest BCUT2D eigenvalue weighted by Gasteiger charge is -2.23. The fourth-order valence-corrected chi connectivity index (χ4v) is 3.74. The Morgan fingerprint density at radius 1 is 0.875 bits per heavy atom. The minimum Gasteiger partial charge on any atom is -0.494 e. The number of benzene rings is 3. The first-order chi connectivity index (χ1) is 15.6. The van der Waals surface area contributed by atoms with Crippen LogP contribution >= 0.6 is 11.6 Å². The second-order valence-electron chi connectivity index (χ2n) is 7.18. The van der Waals surface area contributed by atoms with Crippen molar-refractivity contribution in [1.29, 1.82) is 0 Å². The monoisotopic (exact) mass is 445 g/mol. The fourth-order valence-electron chi connectivity index (χ4n) is 3.61. The van der Waals surface area contributed by atoms with Crippen molar-refractivity contribution in [3.8, 4) is 11.5 Å². The lowest BCUT2D eigenvalue weighted by Crippen LogP contribution is -2.25. The number of rotatable bonds is 7. The van der Waals surface area contributed by atoms with E-state index in [1.807, 2.05) is 98.8 Å². The van der Waals surface area contributed by atoms with E-state index in [0.717, 1.165) is 22.6 Å². The number of halogens is 1. The number of para-hydroxylation sites is 2. The number of anilines is 1. The van der Waals surface area contributed by atoms with Gasteiger partial charge in [-0.05, 0) is 73.5 Å². The Balaban J connectivity index is 1.78. The molecule has 0 spiro atoms. The zero-order valence-corrected chi connectivity index (χ0v) is 18.8. The lowest BCUT2D eigenvalue weighted by molar-refractivity contribution is -0.113. The molecule has 0 saturated heterocycles. The van der Waals surface area contributed by atoms with Crippen LogP contribution in [0, 0.1) is 0 Å². The van der Waals surface area contributed by atoms with Crippen LogP contribution in [0.3, 0.4) is 0 Å². The van der Waals surface area contributed by atoms with E-state index in [-0.39, 0.29) is 5.91 Å². The van der Waals surface area contributed by atoms with Crippen LogP contribution in [0.4, 0.5) is 5.69 Å². The highest BCUT2D eigenvalue weighted by Crippen LogP contribution is 2.40. The van der Waals surface area contributed by atoms with E-state index in [2.05, 4.69) is 0 Å². The van der Waals surface area contributed by atoms with E-state index >= 15 is 0 Å². The molecule has 1 aliphatic heterocycles. The van der Waals surface area contributed by atoms with Crippen LogP contribution in [0.1, 0.15) is 25.0 Å². The number of hydrogen-bond donors (Lipinski definition) is 0. The van der Waals surface area contributed by atoms with Crippen LogP contribution in [-0.2, 0) is 4.79 Å². The molecule has 0 N–H and O–H groups in total. The molecule has 0 fully saturated rings. The van der Waals surface area contributed by atoms with Gasteiger partial charge in [0.1, 0.15) is 11.5 Å². The summed E-state index contributed by atoms with van der Waals surface area (Å²) in [5, 5.41) is 0.644. The summed E-state index contributed by atoms with van der Waals surface area (Å²) in [5.74, 6) is 1.35. The van der Waals surface area contributed by atoms with Crippen molar-refractivity contribution in [2.75, 3.05) is 18.1 Å². The zero-order chi connectivity index (χ0) is 22.5. The fraction of sp³-hybridized carbons (Fsp3) is 0.148. The summed E-state index contributed by atoms with van der Waals surface area (Å²) in [6, 6.07) is 22.7. The molecule has 0 aromatic heterocycles. The van der Waals surface area contributed by atoms with Crippen molar-refractivity contribution in [1.82, 2.24) is 0 Å². The Labute approximate surface area is 193 Å². The van der Waals surface area contributed by atoms with Crippen molar-refractivity contribution in [3.63, 3.8) is 0 Å². The number of nitrogens with zero attached hydrogens (tertiary/aromatic N) is 1. The first kappa shape index (κ1) is 21.7. The third-order valence-corrected chi connectivity index (χ3v) is 5.29. The maximum Gasteiger partial charge on any atom is 0.263 e. The molecule has 1 heterocycles. The molecule has 3 aromatic rings. The summed E-state index contributed by atoms with van der Waals surface area (Å²) >= 11 is 6.10. The Morgan fingerprint density at radius 2 is 1.56 bits per heavy atom. The largest absolute Gasteiger partial charge is 0.494 e. The molecule has 0 atom stereocenters. The van der Waals surface area contributed by atoms with Gasteiger partial charge in [0.25, 0.3) is 5.91 Å². The number of carbonyl (C=O) groups is 1. The first-order valence-electron chi connectivity index (χ1n) is 10.6. The topological polar surface area (TPSA) is 38.8 Å². The molecule has 1 amide bonds. The third-order valence-electron chi connectivity index (χ3n) is 5.04. The van der Waals surface area contributed by atoms with Gasteiger partial charge in [-0.25, -0.2) is 0 Å². The van der Waals surface area contributed by atoms with Crippen LogP contribution in [0.25, 0.3) is 11.8 Å². The molecule has 32 heavy (non-hydrogen) atoms. The number of amides is 1. The molecule has 0 bridgehead atoms. The normalized spacial score (nSPS) is 14.6. The van der Waals surface area contributed by atoms with Gasteiger partial charge in [-0.1, -0.05) is 48.0 Å². The molecule has 5 heteroatoms. The van der Waals surface area contributed by atoms with Crippen LogP contribution in [0.5, 0.6) is 11.5 Å². The van der Waals surface area contributed by atoms with Crippen LogP contribution in [-0.4, -0.2) is 19.1 Å². The first-order valence-corrected chi connectivity index (χ1v) is 11.0. The van der Waals surface area contributed by atoms with E-state index in [4.69, 9.17) is 21.1 Å². The SMILES string of the molecule is CCOc1ccc(/C=C2\C=C(c3ccc(Cl)cc3)N(c3ccccc3OCC)C2=O)cc1. The van der Waals surface area contributed by atoms with Gasteiger partial charge >= 0.3 is 0 Å². The van der Waals surface area contributed by atoms with Gasteiger partial charge in [0.15, 0.2) is 0 Å². The van der Waals surface area contributed by atoms with Gasteiger partial charge in [-0.2, -0.15) is 0 Å². The summed E-state index contributed by atoms with van der Waals surface area (Å²) < 4.78 is 11.3. The van der Waals surface area contributed by atoms with Crippen LogP contribution in [0.15, 0.2) is 84.4 Å². The summed E-state index contributed by atoms with van der Waals surface area (Å²) in [4.78, 5) is 15.3. The smallest absolute Gasteiger partial charge is 0.263 e. The second kappa shape index (κ2) is 9.75. The summed E-state index contributed by atoms with van der Waals surface area (Å²) in [5.41, 5.74) is 3.88. The highest BCUT2D eigenvalue weighted by atomic mass is 35.5. The number of carbonyl (C=O) groups excluding carboxylic acids is 1.